The molecule has 1 aliphatic rings. The Balaban J connectivity index is 1.18. The van der Waals surface area contributed by atoms with Crippen LogP contribution in [0.25, 0.3) is 22.9 Å². The van der Waals surface area contributed by atoms with Crippen molar-refractivity contribution in [2.45, 2.75) is 33.0 Å². The molecular formula is C29H30N4O3. The summed E-state index contributed by atoms with van der Waals surface area (Å²) in [6.07, 6.45) is 0.266. The Labute approximate surface area is 211 Å². The maximum Gasteiger partial charge on any atom is 0.251 e. The highest BCUT2D eigenvalue weighted by molar-refractivity contribution is 5.94. The predicted octanol–water partition coefficient (Wildman–Crippen LogP) is 4.86. The molecule has 1 atom stereocenters. The molecule has 1 N–H and O–H groups in total. The zero-order chi connectivity index (χ0) is 24.9. The van der Waals surface area contributed by atoms with Gasteiger partial charge < -0.3 is 14.5 Å². The van der Waals surface area contributed by atoms with Crippen molar-refractivity contribution in [2.24, 2.45) is 0 Å². The lowest BCUT2D eigenvalue weighted by Gasteiger charge is -2.31. The first-order chi connectivity index (χ1) is 17.5. The number of hydrogen-bond acceptors (Lipinski definition) is 6. The largest absolute Gasteiger partial charge is 0.416 e. The average molecular weight is 483 g/mol. The molecule has 1 aromatic heterocycles. The van der Waals surface area contributed by atoms with Crippen molar-refractivity contribution in [2.75, 3.05) is 19.7 Å². The van der Waals surface area contributed by atoms with Crippen LogP contribution in [0.1, 0.15) is 34.0 Å². The number of rotatable bonds is 7. The Hall–Kier alpha value is -3.81. The van der Waals surface area contributed by atoms with E-state index in [1.54, 1.807) is 12.1 Å². The second kappa shape index (κ2) is 10.8. The minimum absolute atomic E-state index is 0.125. The summed E-state index contributed by atoms with van der Waals surface area (Å²) < 4.78 is 11.5. The highest BCUT2D eigenvalue weighted by Gasteiger charge is 2.17. The maximum absolute atomic E-state index is 12.7. The van der Waals surface area contributed by atoms with E-state index < -0.39 is 0 Å². The van der Waals surface area contributed by atoms with Crippen LogP contribution in [-0.2, 0) is 17.8 Å². The van der Waals surface area contributed by atoms with Crippen molar-refractivity contribution < 1.29 is 13.9 Å². The molecule has 184 valence electrons. The molecule has 1 unspecified atom stereocenters. The molecule has 36 heavy (non-hydrogen) atoms. The van der Waals surface area contributed by atoms with Crippen molar-refractivity contribution in [3.63, 3.8) is 0 Å². The number of nitrogens with zero attached hydrogens (tertiary/aromatic N) is 3. The molecule has 2 heterocycles. The Kier molecular flexibility index (Phi) is 7.21. The average Bonchev–Trinajstić information content (AvgIpc) is 3.38. The lowest BCUT2D eigenvalue weighted by molar-refractivity contribution is -0.0212. The minimum Gasteiger partial charge on any atom is -0.416 e. The molecule has 3 aromatic carbocycles. The summed E-state index contributed by atoms with van der Waals surface area (Å²) in [5, 5.41) is 11.4. The highest BCUT2D eigenvalue weighted by atomic mass is 16.5. The number of carbonyl (C=O) groups excluding carboxylic acids is 1. The van der Waals surface area contributed by atoms with Gasteiger partial charge in [-0.1, -0.05) is 42.0 Å². The molecule has 0 spiro atoms. The first kappa shape index (κ1) is 23.9. The van der Waals surface area contributed by atoms with E-state index in [0.29, 0.717) is 23.9 Å². The molecule has 7 nitrogen and oxygen atoms in total. The Morgan fingerprint density at radius 1 is 0.972 bits per heavy atom. The molecule has 0 bridgehead atoms. The summed E-state index contributed by atoms with van der Waals surface area (Å²) >= 11 is 0. The molecule has 1 fully saturated rings. The van der Waals surface area contributed by atoms with E-state index in [9.17, 15) is 4.79 Å². The van der Waals surface area contributed by atoms with E-state index in [2.05, 4.69) is 39.5 Å². The number of morpholine rings is 1. The van der Waals surface area contributed by atoms with Gasteiger partial charge in [-0.05, 0) is 61.4 Å². The third-order valence-corrected chi connectivity index (χ3v) is 6.26. The second-order valence-corrected chi connectivity index (χ2v) is 9.28. The standard InChI is InChI=1S/C29H30N4O3/c1-20-5-3-8-26(15-20)29-32-31-28(36-29)25-11-9-24(10-12-25)27(34)30-17-22-6-4-7-23(16-22)19-33-13-14-35-21(2)18-33/h3-12,15-16,21H,13-14,17-19H2,1-2H3,(H,30,34). The number of nitrogens with one attached hydrogen (secondary N) is 1. The van der Waals surface area contributed by atoms with Crippen molar-refractivity contribution >= 4 is 5.91 Å². The van der Waals surface area contributed by atoms with E-state index in [4.69, 9.17) is 9.15 Å². The zero-order valence-electron chi connectivity index (χ0n) is 20.6. The van der Waals surface area contributed by atoms with Crippen molar-refractivity contribution in [1.82, 2.24) is 20.4 Å². The predicted molar refractivity (Wildman–Crippen MR) is 138 cm³/mol. The van der Waals surface area contributed by atoms with Crippen LogP contribution in [0.2, 0.25) is 0 Å². The van der Waals surface area contributed by atoms with Gasteiger partial charge in [0.15, 0.2) is 0 Å². The molecule has 0 radical (unpaired) electrons. The maximum atomic E-state index is 12.7. The molecular weight excluding hydrogens is 452 g/mol. The highest BCUT2D eigenvalue weighted by Crippen LogP contribution is 2.24. The van der Waals surface area contributed by atoms with Gasteiger partial charge in [-0.15, -0.1) is 10.2 Å². The molecule has 0 saturated carbocycles. The van der Waals surface area contributed by atoms with Crippen LogP contribution < -0.4 is 5.32 Å². The van der Waals surface area contributed by atoms with Crippen LogP contribution in [0, 0.1) is 6.92 Å². The van der Waals surface area contributed by atoms with Crippen LogP contribution in [0.15, 0.2) is 77.2 Å². The normalized spacial score (nSPS) is 16.1. The van der Waals surface area contributed by atoms with E-state index in [1.807, 2.05) is 55.5 Å². The van der Waals surface area contributed by atoms with Gasteiger partial charge in [0.25, 0.3) is 5.91 Å². The summed E-state index contributed by atoms with van der Waals surface area (Å²) in [5.74, 6) is 0.769. The van der Waals surface area contributed by atoms with E-state index in [1.165, 1.54) is 5.56 Å². The number of aromatic nitrogens is 2. The van der Waals surface area contributed by atoms with Gasteiger partial charge in [0, 0.05) is 42.9 Å². The number of hydrogen-bond donors (Lipinski definition) is 1. The number of aryl methyl sites for hydroxylation is 1. The van der Waals surface area contributed by atoms with Gasteiger partial charge in [0.05, 0.1) is 12.7 Å². The fourth-order valence-corrected chi connectivity index (χ4v) is 4.41. The van der Waals surface area contributed by atoms with Crippen LogP contribution in [0.5, 0.6) is 0 Å². The lowest BCUT2D eigenvalue weighted by atomic mass is 10.1. The van der Waals surface area contributed by atoms with Gasteiger partial charge in [-0.2, -0.15) is 0 Å². The molecule has 1 aliphatic heterocycles. The molecule has 0 aliphatic carbocycles. The van der Waals surface area contributed by atoms with E-state index in [-0.39, 0.29) is 12.0 Å². The number of carbonyl (C=O) groups is 1. The van der Waals surface area contributed by atoms with Crippen LogP contribution in [0.3, 0.4) is 0 Å². The quantitative estimate of drug-likeness (QED) is 0.405. The summed E-state index contributed by atoms with van der Waals surface area (Å²) in [6.45, 7) is 8.14. The third kappa shape index (κ3) is 5.87. The fourth-order valence-electron chi connectivity index (χ4n) is 4.41. The molecule has 5 rings (SSSR count). The first-order valence-corrected chi connectivity index (χ1v) is 12.2. The van der Waals surface area contributed by atoms with Crippen molar-refractivity contribution in [3.8, 4) is 22.9 Å². The fraction of sp³-hybridized carbons (Fsp3) is 0.276. The Morgan fingerprint density at radius 2 is 1.72 bits per heavy atom. The topological polar surface area (TPSA) is 80.5 Å². The van der Waals surface area contributed by atoms with E-state index in [0.717, 1.165) is 48.5 Å². The van der Waals surface area contributed by atoms with Crippen LogP contribution >= 0.6 is 0 Å². The molecule has 7 heteroatoms. The summed E-state index contributed by atoms with van der Waals surface area (Å²) in [7, 11) is 0. The van der Waals surface area contributed by atoms with Gasteiger partial charge in [0.1, 0.15) is 0 Å². The third-order valence-electron chi connectivity index (χ3n) is 6.26. The summed E-state index contributed by atoms with van der Waals surface area (Å²) in [4.78, 5) is 15.1. The minimum atomic E-state index is -0.125. The molecule has 4 aromatic rings. The molecule has 1 amide bonds. The monoisotopic (exact) mass is 482 g/mol. The lowest BCUT2D eigenvalue weighted by Crippen LogP contribution is -2.40. The number of benzene rings is 3. The number of ether oxygens (including phenoxy) is 1. The summed E-state index contributed by atoms with van der Waals surface area (Å²) in [6, 6.07) is 23.5. The Morgan fingerprint density at radius 3 is 2.50 bits per heavy atom. The summed E-state index contributed by atoms with van der Waals surface area (Å²) in [5.41, 5.74) is 5.67. The second-order valence-electron chi connectivity index (χ2n) is 9.28. The van der Waals surface area contributed by atoms with Gasteiger partial charge >= 0.3 is 0 Å². The van der Waals surface area contributed by atoms with Crippen molar-refractivity contribution in [3.05, 3.63) is 95.1 Å². The molecule has 1 saturated heterocycles. The van der Waals surface area contributed by atoms with E-state index >= 15 is 0 Å². The van der Waals surface area contributed by atoms with Gasteiger partial charge in [0.2, 0.25) is 11.8 Å². The Bertz CT molecular complexity index is 1330. The number of amides is 1. The SMILES string of the molecule is Cc1cccc(-c2nnc(-c3ccc(C(=O)NCc4cccc(CN5CCOC(C)C5)c4)cc3)o2)c1. The van der Waals surface area contributed by atoms with Crippen LogP contribution in [-0.4, -0.2) is 46.8 Å². The van der Waals surface area contributed by atoms with Gasteiger partial charge in [-0.25, -0.2) is 0 Å². The smallest absolute Gasteiger partial charge is 0.251 e. The first-order valence-electron chi connectivity index (χ1n) is 12.2. The zero-order valence-corrected chi connectivity index (χ0v) is 20.6. The van der Waals surface area contributed by atoms with Gasteiger partial charge in [-0.3, -0.25) is 9.69 Å². The van der Waals surface area contributed by atoms with Crippen LogP contribution in [0.4, 0.5) is 0 Å². The van der Waals surface area contributed by atoms with Crippen molar-refractivity contribution in [1.29, 1.82) is 0 Å².